The zero-order chi connectivity index (χ0) is 17.4. The van der Waals surface area contributed by atoms with Crippen LogP contribution in [0.1, 0.15) is 33.6 Å². The second kappa shape index (κ2) is 8.67. The van der Waals surface area contributed by atoms with Crippen molar-refractivity contribution in [3.63, 3.8) is 0 Å². The molecule has 0 aliphatic heterocycles. The van der Waals surface area contributed by atoms with Crippen LogP contribution >= 0.6 is 0 Å². The van der Waals surface area contributed by atoms with Gasteiger partial charge in [-0.05, 0) is 24.6 Å². The minimum absolute atomic E-state index is 0.162. The maximum absolute atomic E-state index is 12.6. The van der Waals surface area contributed by atoms with Crippen LogP contribution in [0.15, 0.2) is 18.2 Å². The molecule has 7 nitrogen and oxygen atoms in total. The van der Waals surface area contributed by atoms with Crippen molar-refractivity contribution in [3.8, 4) is 0 Å². The molecule has 23 heavy (non-hydrogen) atoms. The molecular formula is C16H21N3O4. The first-order valence-electron chi connectivity index (χ1n) is 7.19. The molecule has 1 rings (SSSR count). The standard InChI is InChI=1S/C16H21N3O4/c1-17-12-6-7-13(11(9-12)10-21)16(23)19(3)14(5-4-8-20)15(22)18-2/h6-10,14,17H,4-5H2,1-3H3,(H,18,22). The molecule has 2 amide bonds. The Morgan fingerprint density at radius 2 is 1.96 bits per heavy atom. The minimum atomic E-state index is -0.777. The Labute approximate surface area is 135 Å². The van der Waals surface area contributed by atoms with Crippen LogP contribution < -0.4 is 10.6 Å². The zero-order valence-corrected chi connectivity index (χ0v) is 13.5. The molecular weight excluding hydrogens is 298 g/mol. The molecule has 1 unspecified atom stereocenters. The zero-order valence-electron chi connectivity index (χ0n) is 13.5. The summed E-state index contributed by atoms with van der Waals surface area (Å²) in [5, 5.41) is 5.37. The Morgan fingerprint density at radius 1 is 1.26 bits per heavy atom. The van der Waals surface area contributed by atoms with Crippen molar-refractivity contribution < 1.29 is 19.2 Å². The number of benzene rings is 1. The first-order chi connectivity index (χ1) is 11.0. The van der Waals surface area contributed by atoms with Crippen LogP contribution in [0.4, 0.5) is 5.69 Å². The highest BCUT2D eigenvalue weighted by Crippen LogP contribution is 2.18. The van der Waals surface area contributed by atoms with Gasteiger partial charge in [-0.25, -0.2) is 0 Å². The lowest BCUT2D eigenvalue weighted by atomic mass is 10.0. The molecule has 124 valence electrons. The third-order valence-corrected chi connectivity index (χ3v) is 3.59. The number of carbonyl (C=O) groups excluding carboxylic acids is 4. The molecule has 0 spiro atoms. The second-order valence-electron chi connectivity index (χ2n) is 4.96. The van der Waals surface area contributed by atoms with Crippen LogP contribution in [0.3, 0.4) is 0 Å². The summed E-state index contributed by atoms with van der Waals surface area (Å²) in [6, 6.07) is 4.00. The molecule has 1 aromatic rings. The van der Waals surface area contributed by atoms with E-state index in [1.807, 2.05) is 0 Å². The number of rotatable bonds is 8. The normalized spacial score (nSPS) is 11.3. The third-order valence-electron chi connectivity index (χ3n) is 3.59. The molecule has 0 saturated heterocycles. The summed E-state index contributed by atoms with van der Waals surface area (Å²) >= 11 is 0. The van der Waals surface area contributed by atoms with E-state index in [1.54, 1.807) is 19.2 Å². The molecule has 0 aliphatic carbocycles. The van der Waals surface area contributed by atoms with E-state index in [0.29, 0.717) is 18.3 Å². The SMILES string of the molecule is CNC(=O)C(CCC=O)N(C)C(=O)c1ccc(NC)cc1C=O. The molecule has 2 N–H and O–H groups in total. The molecule has 0 saturated carbocycles. The van der Waals surface area contributed by atoms with Crippen LogP contribution in [-0.2, 0) is 9.59 Å². The number of hydrogen-bond acceptors (Lipinski definition) is 5. The third kappa shape index (κ3) is 4.38. The Kier molecular flexibility index (Phi) is 6.92. The van der Waals surface area contributed by atoms with Gasteiger partial charge in [-0.2, -0.15) is 0 Å². The predicted molar refractivity (Wildman–Crippen MR) is 86.6 cm³/mol. The molecule has 1 aromatic carbocycles. The maximum atomic E-state index is 12.6. The summed E-state index contributed by atoms with van der Waals surface area (Å²) in [5.41, 5.74) is 1.15. The van der Waals surface area contributed by atoms with Gasteiger partial charge in [0, 0.05) is 38.8 Å². The van der Waals surface area contributed by atoms with Crippen molar-refractivity contribution in [2.75, 3.05) is 26.5 Å². The monoisotopic (exact) mass is 319 g/mol. The van der Waals surface area contributed by atoms with E-state index in [9.17, 15) is 19.2 Å². The summed E-state index contributed by atoms with van der Waals surface area (Å²) < 4.78 is 0. The Bertz CT molecular complexity index is 601. The van der Waals surface area contributed by atoms with Crippen LogP contribution in [-0.4, -0.2) is 56.5 Å². The molecule has 0 fully saturated rings. The minimum Gasteiger partial charge on any atom is -0.388 e. The van der Waals surface area contributed by atoms with Crippen molar-refractivity contribution in [3.05, 3.63) is 29.3 Å². The molecule has 0 aromatic heterocycles. The second-order valence-corrected chi connectivity index (χ2v) is 4.96. The number of hydrogen-bond donors (Lipinski definition) is 2. The lowest BCUT2D eigenvalue weighted by Crippen LogP contribution is -2.47. The highest BCUT2D eigenvalue weighted by molar-refractivity contribution is 6.03. The summed E-state index contributed by atoms with van der Waals surface area (Å²) in [6.45, 7) is 0. The molecule has 1 atom stereocenters. The Balaban J connectivity index is 3.12. The van der Waals surface area contributed by atoms with Crippen LogP contribution in [0.2, 0.25) is 0 Å². The van der Waals surface area contributed by atoms with Crippen LogP contribution in [0.5, 0.6) is 0 Å². The number of amides is 2. The van der Waals surface area contributed by atoms with E-state index in [2.05, 4.69) is 10.6 Å². The average Bonchev–Trinajstić information content (AvgIpc) is 2.60. The summed E-state index contributed by atoms with van der Waals surface area (Å²) in [5.74, 6) is -0.809. The topological polar surface area (TPSA) is 95.6 Å². The fourth-order valence-corrected chi connectivity index (χ4v) is 2.24. The lowest BCUT2D eigenvalue weighted by molar-refractivity contribution is -0.125. The van der Waals surface area contributed by atoms with E-state index >= 15 is 0 Å². The van der Waals surface area contributed by atoms with Gasteiger partial charge in [0.1, 0.15) is 12.3 Å². The van der Waals surface area contributed by atoms with Gasteiger partial charge >= 0.3 is 0 Å². The predicted octanol–water partition coefficient (Wildman–Crippen LogP) is 0.706. The van der Waals surface area contributed by atoms with Gasteiger partial charge in [0.25, 0.3) is 5.91 Å². The summed E-state index contributed by atoms with van der Waals surface area (Å²) in [6.07, 6.45) is 1.68. The van der Waals surface area contributed by atoms with Gasteiger partial charge in [-0.3, -0.25) is 14.4 Å². The lowest BCUT2D eigenvalue weighted by Gasteiger charge is -2.27. The van der Waals surface area contributed by atoms with Crippen LogP contribution in [0, 0.1) is 0 Å². The van der Waals surface area contributed by atoms with Gasteiger partial charge < -0.3 is 20.3 Å². The smallest absolute Gasteiger partial charge is 0.255 e. The highest BCUT2D eigenvalue weighted by atomic mass is 16.2. The number of likely N-dealkylation sites (N-methyl/N-ethyl adjacent to an activating group) is 2. The van der Waals surface area contributed by atoms with Crippen molar-refractivity contribution in [1.29, 1.82) is 0 Å². The van der Waals surface area contributed by atoms with Gasteiger partial charge in [0.15, 0.2) is 6.29 Å². The van der Waals surface area contributed by atoms with Crippen molar-refractivity contribution in [1.82, 2.24) is 10.2 Å². The number of carbonyl (C=O) groups is 4. The summed E-state index contributed by atoms with van der Waals surface area (Å²) in [7, 11) is 4.65. The molecule has 7 heteroatoms. The van der Waals surface area contributed by atoms with E-state index in [0.717, 1.165) is 0 Å². The van der Waals surface area contributed by atoms with Gasteiger partial charge in [0.05, 0.1) is 5.56 Å². The number of aldehydes is 2. The van der Waals surface area contributed by atoms with Gasteiger partial charge in [0.2, 0.25) is 5.91 Å². The first kappa shape index (κ1) is 18.3. The average molecular weight is 319 g/mol. The van der Waals surface area contributed by atoms with Crippen LogP contribution in [0.25, 0.3) is 0 Å². The van der Waals surface area contributed by atoms with E-state index < -0.39 is 11.9 Å². The van der Waals surface area contributed by atoms with Crippen molar-refractivity contribution in [2.45, 2.75) is 18.9 Å². The highest BCUT2D eigenvalue weighted by Gasteiger charge is 2.27. The molecule has 0 bridgehead atoms. The largest absolute Gasteiger partial charge is 0.388 e. The quantitative estimate of drug-likeness (QED) is 0.688. The maximum Gasteiger partial charge on any atom is 0.255 e. The summed E-state index contributed by atoms with van der Waals surface area (Å²) in [4.78, 5) is 47.6. The van der Waals surface area contributed by atoms with Gasteiger partial charge in [-0.15, -0.1) is 0 Å². The number of nitrogens with zero attached hydrogens (tertiary/aromatic N) is 1. The molecule has 0 heterocycles. The van der Waals surface area contributed by atoms with Gasteiger partial charge in [-0.1, -0.05) is 0 Å². The Hall–Kier alpha value is -2.70. The molecule has 0 aliphatic rings. The van der Waals surface area contributed by atoms with E-state index in [4.69, 9.17) is 0 Å². The van der Waals surface area contributed by atoms with E-state index in [-0.39, 0.29) is 29.9 Å². The first-order valence-corrected chi connectivity index (χ1v) is 7.19. The Morgan fingerprint density at radius 3 is 2.48 bits per heavy atom. The van der Waals surface area contributed by atoms with Crippen molar-refractivity contribution >= 4 is 30.1 Å². The fraction of sp³-hybridized carbons (Fsp3) is 0.375. The number of nitrogens with one attached hydrogen (secondary N) is 2. The fourth-order valence-electron chi connectivity index (χ4n) is 2.24. The van der Waals surface area contributed by atoms with E-state index in [1.165, 1.54) is 25.1 Å². The molecule has 0 radical (unpaired) electrons. The van der Waals surface area contributed by atoms with Crippen molar-refractivity contribution in [2.24, 2.45) is 0 Å². The number of anilines is 1.